The molecule has 2 N–H and O–H groups in total. The van der Waals surface area contributed by atoms with Crippen molar-refractivity contribution in [2.75, 3.05) is 35.2 Å². The summed E-state index contributed by atoms with van der Waals surface area (Å²) in [7, 11) is -2.99. The first kappa shape index (κ1) is 12.6. The van der Waals surface area contributed by atoms with E-state index >= 15 is 0 Å². The van der Waals surface area contributed by atoms with Crippen LogP contribution in [0.2, 0.25) is 0 Å². The molecule has 98 valence electrons. The van der Waals surface area contributed by atoms with Crippen molar-refractivity contribution < 1.29 is 13.3 Å². The van der Waals surface area contributed by atoms with Gasteiger partial charge in [-0.25, -0.2) is 13.4 Å². The van der Waals surface area contributed by atoms with Crippen LogP contribution in [0.15, 0.2) is 12.1 Å². The van der Waals surface area contributed by atoms with E-state index in [1.807, 2.05) is 0 Å². The summed E-state index contributed by atoms with van der Waals surface area (Å²) in [5.41, 5.74) is 5.35. The summed E-state index contributed by atoms with van der Waals surface area (Å²) < 4.78 is 22.6. The molecule has 0 saturated carbocycles. The monoisotopic (exact) mass is 272 g/mol. The average Bonchev–Trinajstić information content (AvgIpc) is 2.28. The highest BCUT2D eigenvalue weighted by atomic mass is 32.2. The number of sulfone groups is 1. The molecule has 0 aliphatic carbocycles. The molecule has 0 bridgehead atoms. The molecule has 0 unspecified atom stereocenters. The lowest BCUT2D eigenvalue weighted by Crippen LogP contribution is -2.40. The normalized spacial score (nSPS) is 18.6. The SMILES string of the molecule is Nc1cc([N+](=O)[O-])cc(N2CCS(=O)(=O)CC2)n1. The van der Waals surface area contributed by atoms with Gasteiger partial charge in [-0.2, -0.15) is 0 Å². The highest BCUT2D eigenvalue weighted by Gasteiger charge is 2.24. The molecular weight excluding hydrogens is 260 g/mol. The lowest BCUT2D eigenvalue weighted by atomic mass is 10.3. The van der Waals surface area contributed by atoms with E-state index in [-0.39, 0.29) is 36.1 Å². The highest BCUT2D eigenvalue weighted by Crippen LogP contribution is 2.23. The second kappa shape index (κ2) is 4.41. The van der Waals surface area contributed by atoms with Crippen LogP contribution >= 0.6 is 0 Å². The zero-order chi connectivity index (χ0) is 13.3. The van der Waals surface area contributed by atoms with E-state index in [0.717, 1.165) is 0 Å². The zero-order valence-corrected chi connectivity index (χ0v) is 10.3. The van der Waals surface area contributed by atoms with E-state index in [1.165, 1.54) is 12.1 Å². The number of rotatable bonds is 2. The van der Waals surface area contributed by atoms with Gasteiger partial charge in [0, 0.05) is 13.1 Å². The Morgan fingerprint density at radius 3 is 2.50 bits per heavy atom. The van der Waals surface area contributed by atoms with Crippen molar-refractivity contribution in [3.05, 3.63) is 22.2 Å². The number of nitrogens with zero attached hydrogens (tertiary/aromatic N) is 3. The second-order valence-electron chi connectivity index (χ2n) is 4.00. The van der Waals surface area contributed by atoms with Gasteiger partial charge in [0.15, 0.2) is 9.84 Å². The molecule has 1 aliphatic rings. The molecule has 8 nitrogen and oxygen atoms in total. The molecule has 0 atom stereocenters. The number of pyridine rings is 1. The van der Waals surface area contributed by atoms with E-state index in [2.05, 4.69) is 4.98 Å². The summed E-state index contributed by atoms with van der Waals surface area (Å²) in [6.45, 7) is 0.548. The van der Waals surface area contributed by atoms with Gasteiger partial charge in [-0.05, 0) is 0 Å². The van der Waals surface area contributed by atoms with Crippen LogP contribution in [-0.4, -0.2) is 42.9 Å². The standard InChI is InChI=1S/C9H12N4O4S/c10-8-5-7(13(14)15)6-9(11-8)12-1-3-18(16,17)4-2-12/h5-6H,1-4H2,(H2,10,11). The minimum atomic E-state index is -2.99. The van der Waals surface area contributed by atoms with Gasteiger partial charge in [0.2, 0.25) is 0 Å². The summed E-state index contributed by atoms with van der Waals surface area (Å²) >= 11 is 0. The summed E-state index contributed by atoms with van der Waals surface area (Å²) in [6, 6.07) is 2.47. The summed E-state index contributed by atoms with van der Waals surface area (Å²) in [5, 5.41) is 10.7. The molecule has 0 aromatic carbocycles. The maximum Gasteiger partial charge on any atom is 0.276 e. The van der Waals surface area contributed by atoms with Gasteiger partial charge in [-0.15, -0.1) is 0 Å². The molecule has 1 aliphatic heterocycles. The van der Waals surface area contributed by atoms with Crippen molar-refractivity contribution in [1.29, 1.82) is 0 Å². The van der Waals surface area contributed by atoms with Crippen LogP contribution in [0.1, 0.15) is 0 Å². The Kier molecular flexibility index (Phi) is 3.07. The lowest BCUT2D eigenvalue weighted by molar-refractivity contribution is -0.384. The minimum absolute atomic E-state index is 0.0251. The van der Waals surface area contributed by atoms with Crippen molar-refractivity contribution in [2.45, 2.75) is 0 Å². The van der Waals surface area contributed by atoms with E-state index in [9.17, 15) is 18.5 Å². The van der Waals surface area contributed by atoms with Crippen molar-refractivity contribution in [3.63, 3.8) is 0 Å². The Hall–Kier alpha value is -1.90. The van der Waals surface area contributed by atoms with E-state index in [1.54, 1.807) is 4.90 Å². The van der Waals surface area contributed by atoms with Crippen LogP contribution in [0.25, 0.3) is 0 Å². The number of hydrogen-bond acceptors (Lipinski definition) is 7. The fourth-order valence-corrected chi connectivity index (χ4v) is 2.93. The van der Waals surface area contributed by atoms with E-state index < -0.39 is 14.8 Å². The molecule has 0 amide bonds. The molecule has 2 rings (SSSR count). The summed E-state index contributed by atoms with van der Waals surface area (Å²) in [5.74, 6) is 0.443. The van der Waals surface area contributed by atoms with Crippen LogP contribution in [0.3, 0.4) is 0 Å². The van der Waals surface area contributed by atoms with Crippen molar-refractivity contribution in [3.8, 4) is 0 Å². The Bertz CT molecular complexity index is 572. The highest BCUT2D eigenvalue weighted by molar-refractivity contribution is 7.91. The number of aromatic nitrogens is 1. The maximum atomic E-state index is 11.3. The number of nitro groups is 1. The van der Waals surface area contributed by atoms with E-state index in [4.69, 9.17) is 5.73 Å². The summed E-state index contributed by atoms with van der Waals surface area (Å²) in [4.78, 5) is 15.8. The molecular formula is C9H12N4O4S. The first-order chi connectivity index (χ1) is 8.37. The minimum Gasteiger partial charge on any atom is -0.383 e. The molecule has 1 fully saturated rings. The Labute approximate surface area is 103 Å². The van der Waals surface area contributed by atoms with Crippen LogP contribution in [0, 0.1) is 10.1 Å². The van der Waals surface area contributed by atoms with Gasteiger partial charge in [-0.3, -0.25) is 10.1 Å². The Morgan fingerprint density at radius 2 is 1.94 bits per heavy atom. The van der Waals surface area contributed by atoms with Crippen molar-refractivity contribution in [2.24, 2.45) is 0 Å². The van der Waals surface area contributed by atoms with Crippen LogP contribution in [-0.2, 0) is 9.84 Å². The fourth-order valence-electron chi connectivity index (χ4n) is 1.73. The third-order valence-corrected chi connectivity index (χ3v) is 4.30. The summed E-state index contributed by atoms with van der Waals surface area (Å²) in [6.07, 6.45) is 0. The molecule has 1 aromatic heterocycles. The number of anilines is 2. The third kappa shape index (κ3) is 2.67. The van der Waals surface area contributed by atoms with Gasteiger partial charge in [0.05, 0.1) is 28.6 Å². The van der Waals surface area contributed by atoms with Gasteiger partial charge < -0.3 is 10.6 Å². The third-order valence-electron chi connectivity index (χ3n) is 2.70. The van der Waals surface area contributed by atoms with Crippen LogP contribution < -0.4 is 10.6 Å². The predicted octanol–water partition coefficient (Wildman–Crippen LogP) is -0.193. The Morgan fingerprint density at radius 1 is 1.33 bits per heavy atom. The maximum absolute atomic E-state index is 11.3. The predicted molar refractivity (Wildman–Crippen MR) is 66.2 cm³/mol. The molecule has 0 spiro atoms. The van der Waals surface area contributed by atoms with Gasteiger partial charge in [-0.1, -0.05) is 0 Å². The first-order valence-corrected chi connectivity index (χ1v) is 7.07. The molecule has 1 aromatic rings. The quantitative estimate of drug-likeness (QED) is 0.585. The number of hydrogen-bond donors (Lipinski definition) is 1. The van der Waals surface area contributed by atoms with Crippen LogP contribution in [0.5, 0.6) is 0 Å². The number of nitrogen functional groups attached to an aromatic ring is 1. The molecule has 0 radical (unpaired) electrons. The molecule has 2 heterocycles. The average molecular weight is 272 g/mol. The van der Waals surface area contributed by atoms with Crippen molar-refractivity contribution >= 4 is 27.2 Å². The van der Waals surface area contributed by atoms with Gasteiger partial charge in [0.1, 0.15) is 11.6 Å². The fraction of sp³-hybridized carbons (Fsp3) is 0.444. The lowest BCUT2D eigenvalue weighted by Gasteiger charge is -2.27. The van der Waals surface area contributed by atoms with Gasteiger partial charge in [0.25, 0.3) is 5.69 Å². The smallest absolute Gasteiger partial charge is 0.276 e. The molecule has 9 heteroatoms. The van der Waals surface area contributed by atoms with Crippen molar-refractivity contribution in [1.82, 2.24) is 4.98 Å². The zero-order valence-electron chi connectivity index (χ0n) is 9.44. The van der Waals surface area contributed by atoms with Crippen LogP contribution in [0.4, 0.5) is 17.3 Å². The van der Waals surface area contributed by atoms with E-state index in [0.29, 0.717) is 5.82 Å². The first-order valence-electron chi connectivity index (χ1n) is 5.25. The number of nitrogens with two attached hydrogens (primary N) is 1. The largest absolute Gasteiger partial charge is 0.383 e. The van der Waals surface area contributed by atoms with Gasteiger partial charge >= 0.3 is 0 Å². The Balaban J connectivity index is 2.26. The topological polar surface area (TPSA) is 119 Å². The molecule has 18 heavy (non-hydrogen) atoms. The second-order valence-corrected chi connectivity index (χ2v) is 6.31. The molecule has 1 saturated heterocycles.